The van der Waals surface area contributed by atoms with E-state index in [1.54, 1.807) is 6.20 Å². The quantitative estimate of drug-likeness (QED) is 0.820. The molecule has 0 spiro atoms. The Balaban J connectivity index is 1.94. The van der Waals surface area contributed by atoms with Crippen molar-refractivity contribution in [1.82, 2.24) is 9.97 Å². The summed E-state index contributed by atoms with van der Waals surface area (Å²) in [5.41, 5.74) is 2.37. The smallest absolute Gasteiger partial charge is 0.303 e. The van der Waals surface area contributed by atoms with Crippen molar-refractivity contribution < 1.29 is 9.90 Å². The molecule has 2 N–H and O–H groups in total. The highest BCUT2D eigenvalue weighted by molar-refractivity contribution is 5.66. The molecule has 4 nitrogen and oxygen atoms in total. The van der Waals surface area contributed by atoms with Gasteiger partial charge in [-0.1, -0.05) is 24.3 Å². The van der Waals surface area contributed by atoms with Gasteiger partial charge in [-0.25, -0.2) is 4.98 Å². The van der Waals surface area contributed by atoms with E-state index < -0.39 is 5.97 Å². The lowest BCUT2D eigenvalue weighted by atomic mass is 10.0. The molecule has 1 aromatic heterocycles. The molecule has 0 saturated heterocycles. The molecule has 0 aliphatic carbocycles. The number of H-pyrrole nitrogens is 1. The van der Waals surface area contributed by atoms with E-state index in [0.29, 0.717) is 6.42 Å². The van der Waals surface area contributed by atoms with Crippen LogP contribution >= 0.6 is 0 Å². The highest BCUT2D eigenvalue weighted by atomic mass is 16.4. The van der Waals surface area contributed by atoms with Crippen LogP contribution in [-0.4, -0.2) is 21.0 Å². The summed E-state index contributed by atoms with van der Waals surface area (Å²) in [5, 5.41) is 8.60. The van der Waals surface area contributed by atoms with Crippen molar-refractivity contribution >= 4 is 5.97 Å². The van der Waals surface area contributed by atoms with Gasteiger partial charge in [0, 0.05) is 25.2 Å². The lowest BCUT2D eigenvalue weighted by molar-refractivity contribution is -0.137. The fourth-order valence-electron chi connectivity index (χ4n) is 1.93. The molecule has 18 heavy (non-hydrogen) atoms. The second-order valence-corrected chi connectivity index (χ2v) is 4.28. The zero-order valence-electron chi connectivity index (χ0n) is 10.1. The average molecular weight is 244 g/mol. The predicted molar refractivity (Wildman–Crippen MR) is 68.4 cm³/mol. The van der Waals surface area contributed by atoms with Crippen molar-refractivity contribution in [3.63, 3.8) is 0 Å². The number of aromatic nitrogens is 2. The van der Waals surface area contributed by atoms with Gasteiger partial charge in [-0.2, -0.15) is 0 Å². The maximum Gasteiger partial charge on any atom is 0.303 e. The van der Waals surface area contributed by atoms with Gasteiger partial charge in [-0.05, 0) is 24.0 Å². The molecular weight excluding hydrogens is 228 g/mol. The summed E-state index contributed by atoms with van der Waals surface area (Å²) >= 11 is 0. The van der Waals surface area contributed by atoms with Crippen LogP contribution < -0.4 is 0 Å². The number of rotatable bonds is 6. The Bertz CT molecular complexity index is 506. The number of aliphatic carboxylic acids is 1. The summed E-state index contributed by atoms with van der Waals surface area (Å²) in [7, 11) is 0. The minimum Gasteiger partial charge on any atom is -0.481 e. The van der Waals surface area contributed by atoms with Gasteiger partial charge in [-0.3, -0.25) is 4.79 Å². The Morgan fingerprint density at radius 1 is 1.33 bits per heavy atom. The highest BCUT2D eigenvalue weighted by Gasteiger charge is 2.01. The Morgan fingerprint density at radius 3 is 2.89 bits per heavy atom. The molecule has 0 aliphatic rings. The summed E-state index contributed by atoms with van der Waals surface area (Å²) in [6.45, 7) is 0. The number of aryl methyl sites for hydroxylation is 1. The van der Waals surface area contributed by atoms with Crippen molar-refractivity contribution in [3.8, 4) is 0 Å². The number of hydrogen-bond acceptors (Lipinski definition) is 2. The van der Waals surface area contributed by atoms with Crippen LogP contribution in [0.25, 0.3) is 0 Å². The number of aromatic amines is 1. The zero-order chi connectivity index (χ0) is 12.8. The first-order valence-corrected chi connectivity index (χ1v) is 6.02. The summed E-state index contributed by atoms with van der Waals surface area (Å²) in [6.07, 6.45) is 6.04. The van der Waals surface area contributed by atoms with Crippen LogP contribution in [0, 0.1) is 0 Å². The molecule has 0 atom stereocenters. The Hall–Kier alpha value is -2.10. The van der Waals surface area contributed by atoms with Crippen LogP contribution in [0.15, 0.2) is 36.7 Å². The number of carbonyl (C=O) groups is 1. The summed E-state index contributed by atoms with van der Waals surface area (Å²) < 4.78 is 0. The van der Waals surface area contributed by atoms with E-state index in [4.69, 9.17) is 5.11 Å². The van der Waals surface area contributed by atoms with E-state index in [-0.39, 0.29) is 6.42 Å². The molecule has 0 fully saturated rings. The predicted octanol–water partition coefficient (Wildman–Crippen LogP) is 2.41. The molecule has 0 bridgehead atoms. The molecule has 0 aliphatic heterocycles. The van der Waals surface area contributed by atoms with Crippen LogP contribution in [0.5, 0.6) is 0 Å². The molecule has 0 saturated carbocycles. The topological polar surface area (TPSA) is 66.0 Å². The van der Waals surface area contributed by atoms with Gasteiger partial charge in [-0.15, -0.1) is 0 Å². The van der Waals surface area contributed by atoms with Crippen molar-refractivity contribution in [2.45, 2.75) is 25.7 Å². The van der Waals surface area contributed by atoms with Gasteiger partial charge < -0.3 is 10.1 Å². The molecule has 0 unspecified atom stereocenters. The molecular formula is C14H16N2O2. The zero-order valence-corrected chi connectivity index (χ0v) is 10.1. The fourth-order valence-corrected chi connectivity index (χ4v) is 1.93. The van der Waals surface area contributed by atoms with Crippen molar-refractivity contribution in [2.75, 3.05) is 0 Å². The van der Waals surface area contributed by atoms with E-state index in [0.717, 1.165) is 18.7 Å². The highest BCUT2D eigenvalue weighted by Crippen LogP contribution is 2.11. The van der Waals surface area contributed by atoms with Crippen LogP contribution in [-0.2, 0) is 17.6 Å². The number of hydrogen-bond donors (Lipinski definition) is 2. The number of benzene rings is 1. The minimum absolute atomic E-state index is 0.225. The average Bonchev–Trinajstić information content (AvgIpc) is 2.82. The summed E-state index contributed by atoms with van der Waals surface area (Å²) in [5.74, 6) is 0.208. The van der Waals surface area contributed by atoms with Crippen molar-refractivity contribution in [3.05, 3.63) is 53.6 Å². The monoisotopic (exact) mass is 244 g/mol. The van der Waals surface area contributed by atoms with E-state index in [1.807, 2.05) is 18.3 Å². The third-order valence-electron chi connectivity index (χ3n) is 2.77. The second-order valence-electron chi connectivity index (χ2n) is 4.28. The maximum absolute atomic E-state index is 10.5. The number of imidazole rings is 1. The van der Waals surface area contributed by atoms with Gasteiger partial charge >= 0.3 is 5.97 Å². The van der Waals surface area contributed by atoms with Crippen molar-refractivity contribution in [1.29, 1.82) is 0 Å². The molecule has 1 heterocycles. The molecule has 4 heteroatoms. The van der Waals surface area contributed by atoms with Crippen molar-refractivity contribution in [2.24, 2.45) is 0 Å². The SMILES string of the molecule is O=C(O)CCCc1cccc(Cc2ncc[nH]2)c1. The third kappa shape index (κ3) is 3.73. The number of nitrogens with one attached hydrogen (secondary N) is 1. The molecule has 0 radical (unpaired) electrons. The standard InChI is InChI=1S/C14H16N2O2/c17-14(18)6-2-4-11-3-1-5-12(9-11)10-13-15-7-8-16-13/h1,3,5,7-9H,2,4,6,10H2,(H,15,16)(H,17,18). The molecule has 94 valence electrons. The molecule has 2 aromatic rings. The summed E-state index contributed by atoms with van der Waals surface area (Å²) in [6, 6.07) is 8.22. The van der Waals surface area contributed by atoms with Gasteiger partial charge in [0.1, 0.15) is 5.82 Å². The molecule has 0 amide bonds. The Kier molecular flexibility index (Phi) is 4.12. The van der Waals surface area contributed by atoms with Gasteiger partial charge in [0.15, 0.2) is 0 Å². The van der Waals surface area contributed by atoms with Gasteiger partial charge in [0.2, 0.25) is 0 Å². The molecule has 1 aromatic carbocycles. The third-order valence-corrected chi connectivity index (χ3v) is 2.77. The Labute approximate surface area is 106 Å². The van der Waals surface area contributed by atoms with E-state index in [2.05, 4.69) is 22.1 Å². The second kappa shape index (κ2) is 6.00. The van der Waals surface area contributed by atoms with Crippen LogP contribution in [0.2, 0.25) is 0 Å². The lowest BCUT2D eigenvalue weighted by Gasteiger charge is -2.03. The first-order valence-electron chi connectivity index (χ1n) is 6.02. The minimum atomic E-state index is -0.734. The van der Waals surface area contributed by atoms with E-state index >= 15 is 0 Å². The van der Waals surface area contributed by atoms with E-state index in [9.17, 15) is 4.79 Å². The van der Waals surface area contributed by atoms with Crippen LogP contribution in [0.1, 0.15) is 29.8 Å². The Morgan fingerprint density at radius 2 is 2.17 bits per heavy atom. The summed E-state index contributed by atoms with van der Waals surface area (Å²) in [4.78, 5) is 17.7. The maximum atomic E-state index is 10.5. The fraction of sp³-hybridized carbons (Fsp3) is 0.286. The van der Waals surface area contributed by atoms with E-state index in [1.165, 1.54) is 11.1 Å². The van der Waals surface area contributed by atoms with Crippen LogP contribution in [0.3, 0.4) is 0 Å². The normalized spacial score (nSPS) is 10.4. The number of carboxylic acids is 1. The molecule has 2 rings (SSSR count). The lowest BCUT2D eigenvalue weighted by Crippen LogP contribution is -1.97. The van der Waals surface area contributed by atoms with Gasteiger partial charge in [0.25, 0.3) is 0 Å². The first-order chi connectivity index (χ1) is 8.74. The van der Waals surface area contributed by atoms with Crippen LogP contribution in [0.4, 0.5) is 0 Å². The number of nitrogens with zero attached hydrogens (tertiary/aromatic N) is 1. The number of carboxylic acid groups (broad SMARTS) is 1. The first kappa shape index (κ1) is 12.4. The van der Waals surface area contributed by atoms with Gasteiger partial charge in [0.05, 0.1) is 0 Å². The largest absolute Gasteiger partial charge is 0.481 e.